The first-order valence-electron chi connectivity index (χ1n) is 14.6. The Labute approximate surface area is 256 Å². The van der Waals surface area contributed by atoms with E-state index in [2.05, 4.69) is 15.3 Å². The molecule has 2 fully saturated rings. The SMILES string of the molecule is CCOc1cc(C(=O)Nc2cc(C(F)F)ccn2)cc(F)c1-c1nc(C2CCC3CC(C)(C)OC(=O)N3C2)n2ccnc(N)c12. The lowest BCUT2D eigenvalue weighted by molar-refractivity contribution is -0.0603. The van der Waals surface area contributed by atoms with Gasteiger partial charge in [-0.25, -0.2) is 32.9 Å². The molecular weight excluding hydrogens is 591 g/mol. The van der Waals surface area contributed by atoms with Crippen molar-refractivity contribution in [1.29, 1.82) is 0 Å². The lowest BCUT2D eigenvalue weighted by Crippen LogP contribution is -2.55. The third kappa shape index (κ3) is 5.71. The van der Waals surface area contributed by atoms with Crippen LogP contribution in [-0.2, 0) is 4.74 Å². The topological polar surface area (TPSA) is 137 Å². The average molecular weight is 624 g/mol. The molecule has 3 aromatic heterocycles. The zero-order chi connectivity index (χ0) is 32.0. The number of fused-ring (bicyclic) bond motifs is 2. The van der Waals surface area contributed by atoms with Gasteiger partial charge in [-0.05, 0) is 57.9 Å². The first-order chi connectivity index (χ1) is 21.5. The number of hydrogen-bond donors (Lipinski definition) is 2. The number of carbonyl (C=O) groups excluding carboxylic acids is 2. The highest BCUT2D eigenvalue weighted by Crippen LogP contribution is 2.42. The number of aromatic nitrogens is 4. The van der Waals surface area contributed by atoms with E-state index in [0.717, 1.165) is 37.2 Å². The summed E-state index contributed by atoms with van der Waals surface area (Å²) in [5, 5.41) is 2.43. The predicted molar refractivity (Wildman–Crippen MR) is 159 cm³/mol. The number of hydrogen-bond acceptors (Lipinski definition) is 8. The van der Waals surface area contributed by atoms with Crippen molar-refractivity contribution in [3.05, 3.63) is 65.6 Å². The molecule has 5 heterocycles. The van der Waals surface area contributed by atoms with Gasteiger partial charge in [-0.15, -0.1) is 0 Å². The summed E-state index contributed by atoms with van der Waals surface area (Å²) < 4.78 is 55.5. The third-order valence-corrected chi connectivity index (χ3v) is 8.14. The minimum Gasteiger partial charge on any atom is -0.493 e. The number of nitrogens with one attached hydrogen (secondary N) is 1. The summed E-state index contributed by atoms with van der Waals surface area (Å²) in [6, 6.07) is 4.59. The van der Waals surface area contributed by atoms with Gasteiger partial charge in [0.2, 0.25) is 0 Å². The Morgan fingerprint density at radius 2 is 2.02 bits per heavy atom. The smallest absolute Gasteiger partial charge is 0.410 e. The van der Waals surface area contributed by atoms with E-state index in [9.17, 15) is 18.4 Å². The van der Waals surface area contributed by atoms with Crippen LogP contribution >= 0.6 is 0 Å². The molecule has 2 atom stereocenters. The van der Waals surface area contributed by atoms with Gasteiger partial charge in [0.1, 0.15) is 45.8 Å². The van der Waals surface area contributed by atoms with Gasteiger partial charge in [0.05, 0.1) is 12.2 Å². The van der Waals surface area contributed by atoms with Crippen molar-refractivity contribution in [2.24, 2.45) is 0 Å². The van der Waals surface area contributed by atoms with Crippen LogP contribution in [0.5, 0.6) is 5.75 Å². The second-order valence-electron chi connectivity index (χ2n) is 11.8. The van der Waals surface area contributed by atoms with Crippen molar-refractivity contribution in [3.63, 3.8) is 0 Å². The summed E-state index contributed by atoms with van der Waals surface area (Å²) in [5.74, 6) is -1.22. The summed E-state index contributed by atoms with van der Waals surface area (Å²) in [6.07, 6.45) is 3.40. The van der Waals surface area contributed by atoms with E-state index >= 15 is 4.39 Å². The number of nitrogen functional groups attached to an aromatic ring is 1. The van der Waals surface area contributed by atoms with Crippen LogP contribution < -0.4 is 15.8 Å². The fourth-order valence-electron chi connectivity index (χ4n) is 6.18. The molecule has 4 aromatic rings. The molecule has 236 valence electrons. The van der Waals surface area contributed by atoms with E-state index in [4.69, 9.17) is 20.2 Å². The second-order valence-corrected chi connectivity index (χ2v) is 11.8. The molecule has 6 rings (SSSR count). The molecule has 2 amide bonds. The van der Waals surface area contributed by atoms with E-state index in [1.807, 2.05) is 13.8 Å². The van der Waals surface area contributed by atoms with Crippen molar-refractivity contribution >= 4 is 29.2 Å². The quantitative estimate of drug-likeness (QED) is 0.257. The fourth-order valence-corrected chi connectivity index (χ4v) is 6.18. The van der Waals surface area contributed by atoms with E-state index in [1.54, 1.807) is 22.4 Å². The molecule has 11 nitrogen and oxygen atoms in total. The normalized spacial score (nSPS) is 19.4. The Bertz CT molecular complexity index is 1790. The van der Waals surface area contributed by atoms with Crippen LogP contribution in [0.1, 0.15) is 74.1 Å². The van der Waals surface area contributed by atoms with Crippen LogP contribution in [0.2, 0.25) is 0 Å². The molecule has 0 aliphatic carbocycles. The van der Waals surface area contributed by atoms with Crippen molar-refractivity contribution < 1.29 is 32.2 Å². The Kier molecular flexibility index (Phi) is 7.75. The predicted octanol–water partition coefficient (Wildman–Crippen LogP) is 5.97. The lowest BCUT2D eigenvalue weighted by Gasteiger charge is -2.46. The molecule has 2 aliphatic heterocycles. The van der Waals surface area contributed by atoms with Crippen molar-refractivity contribution in [2.45, 2.75) is 64.0 Å². The Morgan fingerprint density at radius 3 is 2.78 bits per heavy atom. The van der Waals surface area contributed by atoms with Gasteiger partial charge in [0, 0.05) is 54.6 Å². The van der Waals surface area contributed by atoms with Crippen molar-refractivity contribution in [1.82, 2.24) is 24.3 Å². The second kappa shape index (κ2) is 11.6. The maximum absolute atomic E-state index is 16.1. The molecule has 14 heteroatoms. The van der Waals surface area contributed by atoms with Crippen LogP contribution in [0, 0.1) is 5.82 Å². The first-order valence-corrected chi connectivity index (χ1v) is 14.6. The molecule has 1 aromatic carbocycles. The number of piperidine rings is 1. The summed E-state index contributed by atoms with van der Waals surface area (Å²) >= 11 is 0. The van der Waals surface area contributed by atoms with Crippen LogP contribution in [-0.4, -0.2) is 61.0 Å². The van der Waals surface area contributed by atoms with Gasteiger partial charge in [-0.3, -0.25) is 9.20 Å². The van der Waals surface area contributed by atoms with E-state index < -0.39 is 23.8 Å². The number of halogens is 3. The molecule has 45 heavy (non-hydrogen) atoms. The number of nitrogens with zero attached hydrogens (tertiary/aromatic N) is 5. The van der Waals surface area contributed by atoms with Gasteiger partial charge in [0.25, 0.3) is 12.3 Å². The Hall–Kier alpha value is -4.88. The number of benzene rings is 1. The minimum atomic E-state index is -2.75. The summed E-state index contributed by atoms with van der Waals surface area (Å²) in [6.45, 7) is 6.01. The number of anilines is 2. The third-order valence-electron chi connectivity index (χ3n) is 8.14. The number of amides is 2. The number of rotatable bonds is 7. The first kappa shape index (κ1) is 30.2. The van der Waals surface area contributed by atoms with Crippen LogP contribution in [0.25, 0.3) is 16.8 Å². The molecular formula is C31H32F3N7O4. The molecule has 2 unspecified atom stereocenters. The minimum absolute atomic E-state index is 0.0253. The van der Waals surface area contributed by atoms with Gasteiger partial charge in [0.15, 0.2) is 0 Å². The standard InChI is InChI=1S/C31H32F3N7O4/c1-4-44-21-12-18(29(42)38-22-13-16(26(33)34)7-8-36-22)11-20(32)23(21)24-25-27(35)37-9-10-40(25)28(39-24)17-5-6-19-14-31(2,3)45-30(43)41(19)15-17/h7-13,17,19,26H,4-6,14-15H2,1-3H3,(H2,35,37)(H,36,38,42). The van der Waals surface area contributed by atoms with Gasteiger partial charge >= 0.3 is 6.09 Å². The zero-order valence-corrected chi connectivity index (χ0v) is 24.9. The van der Waals surface area contributed by atoms with Gasteiger partial charge in [-0.2, -0.15) is 0 Å². The number of nitrogens with two attached hydrogens (primary N) is 1. The van der Waals surface area contributed by atoms with Crippen LogP contribution in [0.15, 0.2) is 42.9 Å². The Balaban J connectivity index is 1.38. The van der Waals surface area contributed by atoms with Gasteiger partial charge < -0.3 is 25.4 Å². The maximum Gasteiger partial charge on any atom is 0.410 e. The average Bonchev–Trinajstić information content (AvgIpc) is 3.37. The summed E-state index contributed by atoms with van der Waals surface area (Å²) in [7, 11) is 0. The van der Waals surface area contributed by atoms with Crippen molar-refractivity contribution in [3.8, 4) is 17.0 Å². The van der Waals surface area contributed by atoms with Crippen LogP contribution in [0.3, 0.4) is 0 Å². The lowest BCUT2D eigenvalue weighted by atomic mass is 9.85. The molecule has 0 bridgehead atoms. The number of cyclic esters (lactones) is 1. The largest absolute Gasteiger partial charge is 0.493 e. The zero-order valence-electron chi connectivity index (χ0n) is 24.9. The van der Waals surface area contributed by atoms with Crippen molar-refractivity contribution in [2.75, 3.05) is 24.2 Å². The maximum atomic E-state index is 16.1. The number of carbonyl (C=O) groups is 2. The summed E-state index contributed by atoms with van der Waals surface area (Å²) in [5.41, 5.74) is 5.83. The fraction of sp³-hybridized carbons (Fsp3) is 0.387. The monoisotopic (exact) mass is 623 g/mol. The highest BCUT2D eigenvalue weighted by atomic mass is 19.3. The molecule has 0 spiro atoms. The molecule has 2 aliphatic rings. The molecule has 2 saturated heterocycles. The highest BCUT2D eigenvalue weighted by molar-refractivity contribution is 6.05. The number of ether oxygens (including phenoxy) is 2. The van der Waals surface area contributed by atoms with E-state index in [0.29, 0.717) is 24.3 Å². The number of pyridine rings is 1. The summed E-state index contributed by atoms with van der Waals surface area (Å²) in [4.78, 5) is 40.7. The molecule has 0 saturated carbocycles. The Morgan fingerprint density at radius 1 is 1.22 bits per heavy atom. The van der Waals surface area contributed by atoms with E-state index in [-0.39, 0.29) is 64.4 Å². The molecule has 0 radical (unpaired) electrons. The molecule has 3 N–H and O–H groups in total. The number of imidazole rings is 1. The van der Waals surface area contributed by atoms with Crippen LogP contribution in [0.4, 0.5) is 29.6 Å². The number of alkyl halides is 2. The van der Waals surface area contributed by atoms with Gasteiger partial charge in [-0.1, -0.05) is 0 Å². The highest BCUT2D eigenvalue weighted by Gasteiger charge is 2.44. The van der Waals surface area contributed by atoms with E-state index in [1.165, 1.54) is 12.3 Å².